The van der Waals surface area contributed by atoms with Crippen molar-refractivity contribution in [3.63, 3.8) is 0 Å². The van der Waals surface area contributed by atoms with Crippen molar-refractivity contribution in [2.45, 2.75) is 19.3 Å². The summed E-state index contributed by atoms with van der Waals surface area (Å²) in [6.07, 6.45) is 3.02. The molecule has 1 aromatic carbocycles. The molecular formula is C13H17NO3. The SMILES string of the molecule is COc1ccccc1OC(=O)N1CCCCC1. The average molecular weight is 235 g/mol. The fraction of sp³-hybridized carbons (Fsp3) is 0.462. The molecule has 0 spiro atoms. The van der Waals surface area contributed by atoms with Crippen LogP contribution in [0.3, 0.4) is 0 Å². The van der Waals surface area contributed by atoms with E-state index in [2.05, 4.69) is 0 Å². The van der Waals surface area contributed by atoms with Crippen LogP contribution in [-0.4, -0.2) is 31.2 Å². The lowest BCUT2D eigenvalue weighted by Gasteiger charge is -2.25. The molecule has 2 rings (SSSR count). The number of carbonyl (C=O) groups excluding carboxylic acids is 1. The molecule has 0 unspecified atom stereocenters. The van der Waals surface area contributed by atoms with Crippen molar-refractivity contribution < 1.29 is 14.3 Å². The predicted octanol–water partition coefficient (Wildman–Crippen LogP) is 2.68. The Hall–Kier alpha value is -1.71. The quantitative estimate of drug-likeness (QED) is 0.791. The number of para-hydroxylation sites is 2. The van der Waals surface area contributed by atoms with Crippen molar-refractivity contribution >= 4 is 6.09 Å². The molecule has 1 aliphatic heterocycles. The highest BCUT2D eigenvalue weighted by Gasteiger charge is 2.19. The smallest absolute Gasteiger partial charge is 0.415 e. The number of ether oxygens (including phenoxy) is 2. The maximum atomic E-state index is 11.9. The van der Waals surface area contributed by atoms with Gasteiger partial charge in [-0.2, -0.15) is 0 Å². The molecule has 4 heteroatoms. The molecule has 1 aromatic rings. The number of rotatable bonds is 2. The van der Waals surface area contributed by atoms with E-state index < -0.39 is 0 Å². The van der Waals surface area contributed by atoms with Gasteiger partial charge in [0.2, 0.25) is 0 Å². The second kappa shape index (κ2) is 5.57. The molecular weight excluding hydrogens is 218 g/mol. The van der Waals surface area contributed by atoms with E-state index in [9.17, 15) is 4.79 Å². The van der Waals surface area contributed by atoms with Gasteiger partial charge in [-0.15, -0.1) is 0 Å². The summed E-state index contributed by atoms with van der Waals surface area (Å²) in [5.41, 5.74) is 0. The van der Waals surface area contributed by atoms with Gasteiger partial charge in [0.25, 0.3) is 0 Å². The fourth-order valence-electron chi connectivity index (χ4n) is 1.94. The van der Waals surface area contributed by atoms with E-state index in [1.54, 1.807) is 24.1 Å². The summed E-state index contributed by atoms with van der Waals surface area (Å²) in [5.74, 6) is 1.06. The summed E-state index contributed by atoms with van der Waals surface area (Å²) in [5, 5.41) is 0. The summed E-state index contributed by atoms with van der Waals surface area (Å²) < 4.78 is 10.5. The van der Waals surface area contributed by atoms with Crippen LogP contribution >= 0.6 is 0 Å². The number of nitrogens with zero attached hydrogens (tertiary/aromatic N) is 1. The summed E-state index contributed by atoms with van der Waals surface area (Å²) in [6, 6.07) is 7.18. The van der Waals surface area contributed by atoms with Crippen LogP contribution in [0, 0.1) is 0 Å². The molecule has 92 valence electrons. The minimum Gasteiger partial charge on any atom is -0.493 e. The largest absolute Gasteiger partial charge is 0.493 e. The summed E-state index contributed by atoms with van der Waals surface area (Å²) in [6.45, 7) is 1.57. The van der Waals surface area contributed by atoms with Gasteiger partial charge in [-0.25, -0.2) is 4.79 Å². The van der Waals surface area contributed by atoms with Gasteiger partial charge in [0.05, 0.1) is 7.11 Å². The molecule has 0 atom stereocenters. The van der Waals surface area contributed by atoms with E-state index in [0.29, 0.717) is 11.5 Å². The Kier molecular flexibility index (Phi) is 3.85. The third-order valence-corrected chi connectivity index (χ3v) is 2.88. The molecule has 0 radical (unpaired) electrons. The minimum atomic E-state index is -0.283. The first-order valence-electron chi connectivity index (χ1n) is 5.91. The number of piperidine rings is 1. The highest BCUT2D eigenvalue weighted by atomic mass is 16.6. The van der Waals surface area contributed by atoms with Crippen molar-refractivity contribution in [3.05, 3.63) is 24.3 Å². The third kappa shape index (κ3) is 2.90. The van der Waals surface area contributed by atoms with E-state index >= 15 is 0 Å². The van der Waals surface area contributed by atoms with Crippen molar-refractivity contribution in [1.82, 2.24) is 4.90 Å². The second-order valence-corrected chi connectivity index (χ2v) is 4.07. The molecule has 0 saturated carbocycles. The van der Waals surface area contributed by atoms with E-state index in [1.165, 1.54) is 6.42 Å². The van der Waals surface area contributed by atoms with Gasteiger partial charge in [0.1, 0.15) is 0 Å². The number of likely N-dealkylation sites (tertiary alicyclic amines) is 1. The summed E-state index contributed by atoms with van der Waals surface area (Å²) in [4.78, 5) is 13.6. The molecule has 4 nitrogen and oxygen atoms in total. The summed E-state index contributed by atoms with van der Waals surface area (Å²) in [7, 11) is 1.56. The van der Waals surface area contributed by atoms with Gasteiger partial charge < -0.3 is 14.4 Å². The Morgan fingerprint density at radius 3 is 2.41 bits per heavy atom. The van der Waals surface area contributed by atoms with Gasteiger partial charge in [0, 0.05) is 13.1 Å². The first-order chi connectivity index (χ1) is 8.31. The van der Waals surface area contributed by atoms with E-state index in [-0.39, 0.29) is 6.09 Å². The van der Waals surface area contributed by atoms with Gasteiger partial charge in [-0.05, 0) is 31.4 Å². The maximum Gasteiger partial charge on any atom is 0.415 e. The van der Waals surface area contributed by atoms with Crippen LogP contribution in [0.2, 0.25) is 0 Å². The first kappa shape index (κ1) is 11.8. The molecule has 0 bridgehead atoms. The van der Waals surface area contributed by atoms with Gasteiger partial charge >= 0.3 is 6.09 Å². The normalized spacial score (nSPS) is 15.5. The fourth-order valence-corrected chi connectivity index (χ4v) is 1.94. The van der Waals surface area contributed by atoms with Crippen molar-refractivity contribution in [2.24, 2.45) is 0 Å². The molecule has 1 aliphatic rings. The monoisotopic (exact) mass is 235 g/mol. The van der Waals surface area contributed by atoms with Crippen molar-refractivity contribution in [1.29, 1.82) is 0 Å². The van der Waals surface area contributed by atoms with Crippen LogP contribution in [0.25, 0.3) is 0 Å². The van der Waals surface area contributed by atoms with Gasteiger partial charge in [-0.1, -0.05) is 12.1 Å². The number of methoxy groups -OCH3 is 1. The number of amides is 1. The zero-order valence-corrected chi connectivity index (χ0v) is 10.0. The summed E-state index contributed by atoms with van der Waals surface area (Å²) >= 11 is 0. The molecule has 1 heterocycles. The molecule has 1 fully saturated rings. The lowest BCUT2D eigenvalue weighted by molar-refractivity contribution is 0.141. The Balaban J connectivity index is 2.01. The van der Waals surface area contributed by atoms with Crippen molar-refractivity contribution in [3.8, 4) is 11.5 Å². The van der Waals surface area contributed by atoms with Crippen LogP contribution < -0.4 is 9.47 Å². The standard InChI is InChI=1S/C13H17NO3/c1-16-11-7-3-4-8-12(11)17-13(15)14-9-5-2-6-10-14/h3-4,7-8H,2,5-6,9-10H2,1H3. The Labute approximate surface area is 101 Å². The van der Waals surface area contributed by atoms with Crippen LogP contribution in [0.1, 0.15) is 19.3 Å². The average Bonchev–Trinajstić information content (AvgIpc) is 2.40. The van der Waals surface area contributed by atoms with Crippen LogP contribution in [0.5, 0.6) is 11.5 Å². The number of carbonyl (C=O) groups is 1. The molecule has 0 N–H and O–H groups in total. The Bertz CT molecular complexity index is 386. The van der Waals surface area contributed by atoms with Gasteiger partial charge in [-0.3, -0.25) is 0 Å². The molecule has 17 heavy (non-hydrogen) atoms. The molecule has 0 aromatic heterocycles. The second-order valence-electron chi connectivity index (χ2n) is 4.07. The third-order valence-electron chi connectivity index (χ3n) is 2.88. The molecule has 0 aliphatic carbocycles. The number of hydrogen-bond acceptors (Lipinski definition) is 3. The van der Waals surface area contributed by atoms with Crippen molar-refractivity contribution in [2.75, 3.05) is 20.2 Å². The van der Waals surface area contributed by atoms with E-state index in [0.717, 1.165) is 25.9 Å². The minimum absolute atomic E-state index is 0.283. The highest BCUT2D eigenvalue weighted by Crippen LogP contribution is 2.26. The lowest BCUT2D eigenvalue weighted by atomic mass is 10.1. The van der Waals surface area contributed by atoms with E-state index in [4.69, 9.17) is 9.47 Å². The Morgan fingerprint density at radius 2 is 1.76 bits per heavy atom. The molecule has 1 amide bonds. The lowest BCUT2D eigenvalue weighted by Crippen LogP contribution is -2.37. The first-order valence-corrected chi connectivity index (χ1v) is 5.91. The number of hydrogen-bond donors (Lipinski definition) is 0. The van der Waals surface area contributed by atoms with Crippen LogP contribution in [0.15, 0.2) is 24.3 Å². The zero-order chi connectivity index (χ0) is 12.1. The van der Waals surface area contributed by atoms with Crippen LogP contribution in [-0.2, 0) is 0 Å². The maximum absolute atomic E-state index is 11.9. The van der Waals surface area contributed by atoms with E-state index in [1.807, 2.05) is 12.1 Å². The zero-order valence-electron chi connectivity index (χ0n) is 10.0. The van der Waals surface area contributed by atoms with Gasteiger partial charge in [0.15, 0.2) is 11.5 Å². The topological polar surface area (TPSA) is 38.8 Å². The predicted molar refractivity (Wildman–Crippen MR) is 64.4 cm³/mol. The highest BCUT2D eigenvalue weighted by molar-refractivity contribution is 5.71. The number of benzene rings is 1. The molecule has 1 saturated heterocycles. The van der Waals surface area contributed by atoms with Crippen LogP contribution in [0.4, 0.5) is 4.79 Å². The Morgan fingerprint density at radius 1 is 1.12 bits per heavy atom.